The molecule has 0 aliphatic heterocycles. The van der Waals surface area contributed by atoms with Gasteiger partial charge in [0.15, 0.2) is 6.29 Å². The standard InChI is InChI=1S/C11H22N2O4S/c1-4-13(18)9(15)5-6-12-8(14)7-11(2,3)10(16)17/h10,16-18H,4-7H2,1-3H3,(H,12,14). The van der Waals surface area contributed by atoms with Gasteiger partial charge < -0.3 is 15.5 Å². The third-order valence-corrected chi connectivity index (χ3v) is 3.07. The van der Waals surface area contributed by atoms with Gasteiger partial charge in [-0.1, -0.05) is 26.7 Å². The summed E-state index contributed by atoms with van der Waals surface area (Å²) in [5.74, 6) is -0.481. The number of hydrogen-bond acceptors (Lipinski definition) is 5. The highest BCUT2D eigenvalue weighted by atomic mass is 32.1. The fourth-order valence-electron chi connectivity index (χ4n) is 1.18. The zero-order valence-corrected chi connectivity index (χ0v) is 11.9. The first-order valence-corrected chi connectivity index (χ1v) is 6.22. The van der Waals surface area contributed by atoms with E-state index in [-0.39, 0.29) is 31.2 Å². The Hall–Kier alpha value is -0.790. The van der Waals surface area contributed by atoms with Crippen molar-refractivity contribution >= 4 is 24.6 Å². The molecule has 0 aromatic rings. The predicted octanol–water partition coefficient (Wildman–Crippen LogP) is -0.0870. The van der Waals surface area contributed by atoms with Gasteiger partial charge in [0.1, 0.15) is 0 Å². The molecule has 0 heterocycles. The number of rotatable bonds is 7. The lowest BCUT2D eigenvalue weighted by molar-refractivity contribution is -0.142. The van der Waals surface area contributed by atoms with Gasteiger partial charge in [-0.3, -0.25) is 13.9 Å². The molecule has 0 radical (unpaired) electrons. The minimum atomic E-state index is -1.56. The van der Waals surface area contributed by atoms with E-state index in [2.05, 4.69) is 18.1 Å². The summed E-state index contributed by atoms with van der Waals surface area (Å²) >= 11 is 3.95. The van der Waals surface area contributed by atoms with Crippen LogP contribution in [0, 0.1) is 5.41 Å². The van der Waals surface area contributed by atoms with Crippen molar-refractivity contribution < 1.29 is 19.8 Å². The van der Waals surface area contributed by atoms with E-state index < -0.39 is 11.7 Å². The third-order valence-electron chi connectivity index (χ3n) is 2.56. The molecule has 0 aliphatic rings. The Morgan fingerprint density at radius 3 is 2.39 bits per heavy atom. The number of thiol groups is 1. The highest BCUT2D eigenvalue weighted by Gasteiger charge is 2.28. The van der Waals surface area contributed by atoms with Crippen molar-refractivity contribution in [3.05, 3.63) is 0 Å². The topological polar surface area (TPSA) is 89.9 Å². The van der Waals surface area contributed by atoms with Crippen LogP contribution < -0.4 is 5.32 Å². The van der Waals surface area contributed by atoms with Crippen LogP contribution >= 0.6 is 12.8 Å². The molecule has 2 amide bonds. The van der Waals surface area contributed by atoms with Gasteiger partial charge in [0.25, 0.3) is 0 Å². The lowest BCUT2D eigenvalue weighted by Crippen LogP contribution is -2.37. The second kappa shape index (κ2) is 7.60. The molecule has 18 heavy (non-hydrogen) atoms. The largest absolute Gasteiger partial charge is 0.368 e. The van der Waals surface area contributed by atoms with Crippen molar-refractivity contribution in [1.82, 2.24) is 9.62 Å². The quantitative estimate of drug-likeness (QED) is 0.387. The number of amides is 2. The van der Waals surface area contributed by atoms with Crippen molar-refractivity contribution in [3.8, 4) is 0 Å². The van der Waals surface area contributed by atoms with Crippen LogP contribution in [0.1, 0.15) is 33.6 Å². The Bertz CT molecular complexity index is 295. The van der Waals surface area contributed by atoms with Crippen molar-refractivity contribution in [2.24, 2.45) is 5.41 Å². The molecule has 0 saturated heterocycles. The maximum atomic E-state index is 11.5. The van der Waals surface area contributed by atoms with E-state index >= 15 is 0 Å². The molecule has 106 valence electrons. The number of aliphatic hydroxyl groups excluding tert-OH is 1. The Labute approximate surface area is 113 Å². The van der Waals surface area contributed by atoms with Gasteiger partial charge in [-0.05, 0) is 6.92 Å². The lowest BCUT2D eigenvalue weighted by atomic mass is 9.88. The third kappa shape index (κ3) is 6.23. The lowest BCUT2D eigenvalue weighted by Gasteiger charge is -2.25. The predicted molar refractivity (Wildman–Crippen MR) is 70.6 cm³/mol. The van der Waals surface area contributed by atoms with Crippen LogP contribution in [0.15, 0.2) is 0 Å². The molecule has 0 saturated carbocycles. The average Bonchev–Trinajstić information content (AvgIpc) is 2.26. The summed E-state index contributed by atoms with van der Waals surface area (Å²) in [6, 6.07) is 0. The number of nitrogens with one attached hydrogen (secondary N) is 1. The molecule has 6 nitrogen and oxygen atoms in total. The SMILES string of the molecule is CCN(S)C(=O)CCNC(=O)CC(C)(C)C(O)O. The fourth-order valence-corrected chi connectivity index (χ4v) is 1.28. The minimum absolute atomic E-state index is 0.0166. The van der Waals surface area contributed by atoms with Crippen molar-refractivity contribution in [2.45, 2.75) is 39.9 Å². The van der Waals surface area contributed by atoms with E-state index in [1.165, 1.54) is 4.31 Å². The Morgan fingerprint density at radius 1 is 1.39 bits per heavy atom. The Balaban J connectivity index is 3.96. The number of nitrogens with zero attached hydrogens (tertiary/aromatic N) is 1. The van der Waals surface area contributed by atoms with Crippen LogP contribution in [0.25, 0.3) is 0 Å². The van der Waals surface area contributed by atoms with E-state index in [1.807, 2.05) is 0 Å². The summed E-state index contributed by atoms with van der Waals surface area (Å²) in [5, 5.41) is 20.7. The number of carbonyl (C=O) groups is 2. The Morgan fingerprint density at radius 2 is 1.94 bits per heavy atom. The summed E-state index contributed by atoms with van der Waals surface area (Å²) in [5.41, 5.74) is -0.910. The molecule has 0 aliphatic carbocycles. The van der Waals surface area contributed by atoms with E-state index in [0.29, 0.717) is 6.54 Å². The van der Waals surface area contributed by atoms with Crippen LogP contribution in [0.2, 0.25) is 0 Å². The van der Waals surface area contributed by atoms with E-state index in [0.717, 1.165) is 0 Å². The molecular weight excluding hydrogens is 256 g/mol. The molecule has 0 fully saturated rings. The van der Waals surface area contributed by atoms with Gasteiger partial charge in [0.05, 0.1) is 0 Å². The van der Waals surface area contributed by atoms with Gasteiger partial charge >= 0.3 is 0 Å². The normalized spacial score (nSPS) is 11.5. The molecule has 0 spiro atoms. The van der Waals surface area contributed by atoms with Gasteiger partial charge in [0, 0.05) is 31.3 Å². The van der Waals surface area contributed by atoms with Crippen LogP contribution in [-0.2, 0) is 9.59 Å². The van der Waals surface area contributed by atoms with E-state index in [1.54, 1.807) is 20.8 Å². The van der Waals surface area contributed by atoms with Crippen molar-refractivity contribution in [2.75, 3.05) is 13.1 Å². The average molecular weight is 278 g/mol. The van der Waals surface area contributed by atoms with Crippen LogP contribution in [-0.4, -0.2) is 45.7 Å². The first kappa shape index (κ1) is 17.2. The summed E-state index contributed by atoms with van der Waals surface area (Å²) in [6.07, 6.45) is -1.40. The minimum Gasteiger partial charge on any atom is -0.368 e. The summed E-state index contributed by atoms with van der Waals surface area (Å²) in [6.45, 7) is 5.67. The molecular formula is C11H22N2O4S. The zero-order chi connectivity index (χ0) is 14.3. The maximum absolute atomic E-state index is 11.5. The van der Waals surface area contributed by atoms with Crippen molar-refractivity contribution in [3.63, 3.8) is 0 Å². The number of aliphatic hydroxyl groups is 2. The molecule has 0 aromatic carbocycles. The molecule has 0 bridgehead atoms. The molecule has 0 rings (SSSR count). The molecule has 0 aromatic heterocycles. The molecule has 7 heteroatoms. The van der Waals surface area contributed by atoms with Crippen LogP contribution in [0.5, 0.6) is 0 Å². The van der Waals surface area contributed by atoms with Gasteiger partial charge in [-0.2, -0.15) is 0 Å². The first-order chi connectivity index (χ1) is 8.20. The highest BCUT2D eigenvalue weighted by molar-refractivity contribution is 7.78. The highest BCUT2D eigenvalue weighted by Crippen LogP contribution is 2.23. The van der Waals surface area contributed by atoms with Gasteiger partial charge in [0.2, 0.25) is 11.8 Å². The second-order valence-corrected chi connectivity index (χ2v) is 5.23. The summed E-state index contributed by atoms with van der Waals surface area (Å²) in [7, 11) is 0. The van der Waals surface area contributed by atoms with Crippen LogP contribution in [0.3, 0.4) is 0 Å². The van der Waals surface area contributed by atoms with Gasteiger partial charge in [-0.25, -0.2) is 0 Å². The molecule has 3 N–H and O–H groups in total. The van der Waals surface area contributed by atoms with Gasteiger partial charge in [-0.15, -0.1) is 0 Å². The maximum Gasteiger partial charge on any atom is 0.233 e. The monoisotopic (exact) mass is 278 g/mol. The summed E-state index contributed by atoms with van der Waals surface area (Å²) in [4.78, 5) is 22.9. The number of carbonyl (C=O) groups excluding carboxylic acids is 2. The van der Waals surface area contributed by atoms with Crippen molar-refractivity contribution in [1.29, 1.82) is 0 Å². The smallest absolute Gasteiger partial charge is 0.233 e. The molecule has 0 atom stereocenters. The van der Waals surface area contributed by atoms with E-state index in [9.17, 15) is 9.59 Å². The molecule has 0 unspecified atom stereocenters. The van der Waals surface area contributed by atoms with Crippen LogP contribution in [0.4, 0.5) is 0 Å². The fraction of sp³-hybridized carbons (Fsp3) is 0.818. The zero-order valence-electron chi connectivity index (χ0n) is 11.0. The first-order valence-electron chi connectivity index (χ1n) is 5.82. The Kier molecular flexibility index (Phi) is 7.27. The van der Waals surface area contributed by atoms with E-state index in [4.69, 9.17) is 10.2 Å². The summed E-state index contributed by atoms with van der Waals surface area (Å²) < 4.78 is 1.27. The second-order valence-electron chi connectivity index (χ2n) is 4.75. The number of hydrogen-bond donors (Lipinski definition) is 4.